The van der Waals surface area contributed by atoms with E-state index in [1.807, 2.05) is 18.7 Å². The number of hydrogen-bond acceptors (Lipinski definition) is 4. The van der Waals surface area contributed by atoms with Gasteiger partial charge in [-0.15, -0.1) is 0 Å². The fourth-order valence-corrected chi connectivity index (χ4v) is 3.76. The topological polar surface area (TPSA) is 58.1 Å². The Morgan fingerprint density at radius 1 is 1.17 bits per heavy atom. The van der Waals surface area contributed by atoms with Gasteiger partial charge in [0.05, 0.1) is 22.5 Å². The van der Waals surface area contributed by atoms with E-state index in [0.29, 0.717) is 41.8 Å². The van der Waals surface area contributed by atoms with Crippen LogP contribution in [0.5, 0.6) is 0 Å². The molecular formula is C18H21FN4O. The van der Waals surface area contributed by atoms with Crippen molar-refractivity contribution in [1.29, 1.82) is 0 Å². The van der Waals surface area contributed by atoms with Crippen molar-refractivity contribution in [2.75, 3.05) is 13.1 Å². The largest absolute Gasteiger partial charge is 0.337 e. The Hall–Kier alpha value is -2.08. The lowest BCUT2D eigenvalue weighted by Crippen LogP contribution is -2.39. The van der Waals surface area contributed by atoms with E-state index in [2.05, 4.69) is 15.3 Å². The van der Waals surface area contributed by atoms with E-state index in [0.717, 1.165) is 24.2 Å². The number of aryl methyl sites for hydroxylation is 2. The molecule has 1 amide bonds. The van der Waals surface area contributed by atoms with E-state index in [-0.39, 0.29) is 5.91 Å². The van der Waals surface area contributed by atoms with Gasteiger partial charge in [-0.25, -0.2) is 14.4 Å². The molecule has 1 aromatic heterocycles. The minimum Gasteiger partial charge on any atom is -0.337 e. The maximum atomic E-state index is 14.0. The fraction of sp³-hybridized carbons (Fsp3) is 0.500. The van der Waals surface area contributed by atoms with Gasteiger partial charge in [-0.3, -0.25) is 4.79 Å². The number of carbonyl (C=O) groups is 1. The average Bonchev–Trinajstić information content (AvgIpc) is 2.87. The van der Waals surface area contributed by atoms with Gasteiger partial charge in [-0.2, -0.15) is 0 Å². The lowest BCUT2D eigenvalue weighted by molar-refractivity contribution is 0.0749. The molecule has 2 atom stereocenters. The van der Waals surface area contributed by atoms with Crippen molar-refractivity contribution in [3.05, 3.63) is 34.9 Å². The molecular weight excluding hydrogens is 307 g/mol. The van der Waals surface area contributed by atoms with Crippen LogP contribution in [0.25, 0.3) is 11.0 Å². The first-order valence-electron chi connectivity index (χ1n) is 8.51. The maximum absolute atomic E-state index is 14.0. The Morgan fingerprint density at radius 2 is 1.92 bits per heavy atom. The van der Waals surface area contributed by atoms with Crippen LogP contribution in [0, 0.1) is 19.7 Å². The number of hydrogen-bond donors (Lipinski definition) is 1. The van der Waals surface area contributed by atoms with Crippen molar-refractivity contribution in [2.24, 2.45) is 0 Å². The highest BCUT2D eigenvalue weighted by Gasteiger charge is 2.32. The molecule has 2 bridgehead atoms. The second kappa shape index (κ2) is 5.77. The summed E-state index contributed by atoms with van der Waals surface area (Å²) in [5.74, 6) is -0.593. The summed E-state index contributed by atoms with van der Waals surface area (Å²) in [6.07, 6.45) is 3.22. The zero-order valence-corrected chi connectivity index (χ0v) is 14.0. The molecule has 2 fully saturated rings. The second-order valence-electron chi connectivity index (χ2n) is 6.89. The van der Waals surface area contributed by atoms with Gasteiger partial charge in [0.2, 0.25) is 0 Å². The van der Waals surface area contributed by atoms with Crippen LogP contribution in [0.2, 0.25) is 0 Å². The molecule has 126 valence electrons. The third kappa shape index (κ3) is 2.65. The van der Waals surface area contributed by atoms with E-state index in [1.165, 1.54) is 18.6 Å². The first-order chi connectivity index (χ1) is 11.5. The Labute approximate surface area is 140 Å². The number of likely N-dealkylation sites (tertiary alicyclic amines) is 1. The van der Waals surface area contributed by atoms with Gasteiger partial charge in [0.25, 0.3) is 5.91 Å². The van der Waals surface area contributed by atoms with Crippen LogP contribution in [0.15, 0.2) is 12.1 Å². The van der Waals surface area contributed by atoms with E-state index in [4.69, 9.17) is 0 Å². The first kappa shape index (κ1) is 15.4. The molecule has 5 nitrogen and oxygen atoms in total. The van der Waals surface area contributed by atoms with E-state index in [1.54, 1.807) is 0 Å². The molecule has 2 unspecified atom stereocenters. The van der Waals surface area contributed by atoms with E-state index < -0.39 is 5.82 Å². The lowest BCUT2D eigenvalue weighted by atomic mass is 10.1. The summed E-state index contributed by atoms with van der Waals surface area (Å²) >= 11 is 0. The number of benzene rings is 1. The highest BCUT2D eigenvalue weighted by atomic mass is 19.1. The van der Waals surface area contributed by atoms with Crippen molar-refractivity contribution in [2.45, 2.75) is 45.2 Å². The molecule has 2 aliphatic rings. The molecule has 6 heteroatoms. The summed E-state index contributed by atoms with van der Waals surface area (Å²) in [7, 11) is 0. The summed E-state index contributed by atoms with van der Waals surface area (Å²) in [6.45, 7) is 5.06. The molecule has 0 radical (unpaired) electrons. The molecule has 2 aliphatic heterocycles. The fourth-order valence-electron chi connectivity index (χ4n) is 3.76. The Balaban J connectivity index is 1.75. The molecule has 1 aromatic carbocycles. The van der Waals surface area contributed by atoms with Crippen molar-refractivity contribution < 1.29 is 9.18 Å². The smallest absolute Gasteiger partial charge is 0.256 e. The molecule has 0 spiro atoms. The normalized spacial score (nSPS) is 23.5. The number of carbonyl (C=O) groups excluding carboxylic acids is 1. The molecule has 24 heavy (non-hydrogen) atoms. The Kier molecular flexibility index (Phi) is 3.72. The van der Waals surface area contributed by atoms with E-state index >= 15 is 0 Å². The number of halogens is 1. The number of fused-ring (bicyclic) bond motifs is 3. The van der Waals surface area contributed by atoms with Crippen LogP contribution in [0.4, 0.5) is 4.39 Å². The summed E-state index contributed by atoms with van der Waals surface area (Å²) in [4.78, 5) is 23.8. The zero-order valence-electron chi connectivity index (χ0n) is 14.0. The van der Waals surface area contributed by atoms with Gasteiger partial charge in [-0.1, -0.05) is 0 Å². The van der Waals surface area contributed by atoms with Crippen LogP contribution in [0.3, 0.4) is 0 Å². The number of nitrogens with one attached hydrogen (secondary N) is 1. The number of aromatic nitrogens is 2. The molecule has 2 saturated heterocycles. The van der Waals surface area contributed by atoms with Gasteiger partial charge < -0.3 is 10.2 Å². The Bertz CT molecular complexity index is 822. The molecule has 3 heterocycles. The third-order valence-corrected chi connectivity index (χ3v) is 5.19. The monoisotopic (exact) mass is 328 g/mol. The van der Waals surface area contributed by atoms with Gasteiger partial charge in [0.15, 0.2) is 0 Å². The first-order valence-corrected chi connectivity index (χ1v) is 8.51. The van der Waals surface area contributed by atoms with Crippen molar-refractivity contribution in [1.82, 2.24) is 20.2 Å². The van der Waals surface area contributed by atoms with Crippen LogP contribution in [-0.4, -0.2) is 45.9 Å². The van der Waals surface area contributed by atoms with Crippen molar-refractivity contribution in [3.8, 4) is 0 Å². The SMILES string of the molecule is Cc1nc2cc(F)cc(C(=O)N3CCC4CCC(C3)N4)c2nc1C. The molecule has 2 aromatic rings. The van der Waals surface area contributed by atoms with Crippen LogP contribution < -0.4 is 5.32 Å². The van der Waals surface area contributed by atoms with Crippen LogP contribution >= 0.6 is 0 Å². The minimum absolute atomic E-state index is 0.147. The summed E-state index contributed by atoms with van der Waals surface area (Å²) < 4.78 is 14.0. The number of rotatable bonds is 1. The zero-order chi connectivity index (χ0) is 16.8. The summed E-state index contributed by atoms with van der Waals surface area (Å²) in [5.41, 5.74) is 2.77. The van der Waals surface area contributed by atoms with Gasteiger partial charge in [-0.05, 0) is 39.2 Å². The van der Waals surface area contributed by atoms with Gasteiger partial charge in [0.1, 0.15) is 11.3 Å². The summed E-state index contributed by atoms with van der Waals surface area (Å²) in [6, 6.07) is 3.49. The molecule has 0 aliphatic carbocycles. The molecule has 1 N–H and O–H groups in total. The van der Waals surface area contributed by atoms with E-state index in [9.17, 15) is 9.18 Å². The highest BCUT2D eigenvalue weighted by Crippen LogP contribution is 2.24. The molecule has 0 saturated carbocycles. The molecule has 4 rings (SSSR count). The second-order valence-corrected chi connectivity index (χ2v) is 6.89. The van der Waals surface area contributed by atoms with Crippen molar-refractivity contribution in [3.63, 3.8) is 0 Å². The highest BCUT2D eigenvalue weighted by molar-refractivity contribution is 6.04. The number of nitrogens with zero attached hydrogens (tertiary/aromatic N) is 3. The van der Waals surface area contributed by atoms with Gasteiger partial charge in [0, 0.05) is 31.2 Å². The van der Waals surface area contributed by atoms with Crippen LogP contribution in [-0.2, 0) is 0 Å². The summed E-state index contributed by atoms with van der Waals surface area (Å²) in [5, 5.41) is 3.56. The minimum atomic E-state index is -0.446. The van der Waals surface area contributed by atoms with Crippen molar-refractivity contribution >= 4 is 16.9 Å². The predicted molar refractivity (Wildman–Crippen MR) is 89.4 cm³/mol. The number of amides is 1. The predicted octanol–water partition coefficient (Wildman–Crippen LogP) is 2.35. The third-order valence-electron chi connectivity index (χ3n) is 5.19. The quantitative estimate of drug-likeness (QED) is 0.873. The van der Waals surface area contributed by atoms with Crippen LogP contribution in [0.1, 0.15) is 41.0 Å². The average molecular weight is 328 g/mol. The standard InChI is InChI=1S/C18H21FN4O/c1-10-11(2)21-17-15(7-12(19)8-16(17)20-10)18(24)23-6-5-13-3-4-14(9-23)22-13/h7-8,13-14,22H,3-6,9H2,1-2H3. The Morgan fingerprint density at radius 3 is 2.75 bits per heavy atom. The lowest BCUT2D eigenvalue weighted by Gasteiger charge is -2.24. The maximum Gasteiger partial charge on any atom is 0.256 e. The van der Waals surface area contributed by atoms with Gasteiger partial charge >= 0.3 is 0 Å².